The molecule has 1 heterocycles. The molecule has 0 bridgehead atoms. The first kappa shape index (κ1) is 10.6. The molecular formula is C8H12ClN3S. The molecule has 5 heteroatoms. The lowest BCUT2D eigenvalue weighted by atomic mass is 10.5. The van der Waals surface area contributed by atoms with Crippen LogP contribution in [0.1, 0.15) is 6.42 Å². The van der Waals surface area contributed by atoms with Crippen molar-refractivity contribution < 1.29 is 0 Å². The highest BCUT2D eigenvalue weighted by Crippen LogP contribution is 2.05. The summed E-state index contributed by atoms with van der Waals surface area (Å²) < 4.78 is 0. The minimum atomic E-state index is 0.565. The van der Waals surface area contributed by atoms with E-state index >= 15 is 0 Å². The van der Waals surface area contributed by atoms with Crippen LogP contribution >= 0.6 is 23.4 Å². The number of nitrogens with one attached hydrogen (secondary N) is 1. The predicted molar refractivity (Wildman–Crippen MR) is 58.5 cm³/mol. The second kappa shape index (κ2) is 6.05. The van der Waals surface area contributed by atoms with E-state index in [0.29, 0.717) is 11.0 Å². The summed E-state index contributed by atoms with van der Waals surface area (Å²) in [6.07, 6.45) is 6.39. The van der Waals surface area contributed by atoms with E-state index in [1.807, 2.05) is 11.8 Å². The number of nitrogens with zero attached hydrogens (tertiary/aromatic N) is 2. The van der Waals surface area contributed by atoms with Crippen molar-refractivity contribution in [2.75, 3.05) is 23.9 Å². The summed E-state index contributed by atoms with van der Waals surface area (Å²) in [6.45, 7) is 0.905. The number of aromatic nitrogens is 2. The van der Waals surface area contributed by atoms with Crippen molar-refractivity contribution in [3.05, 3.63) is 17.4 Å². The lowest BCUT2D eigenvalue weighted by molar-refractivity contribution is 0.963. The first-order chi connectivity index (χ1) is 6.33. The van der Waals surface area contributed by atoms with Crippen molar-refractivity contribution in [1.29, 1.82) is 0 Å². The largest absolute Gasteiger partial charge is 0.354 e. The number of halogens is 1. The third-order valence-electron chi connectivity index (χ3n) is 1.43. The van der Waals surface area contributed by atoms with E-state index in [4.69, 9.17) is 11.6 Å². The summed E-state index contributed by atoms with van der Waals surface area (Å²) in [7, 11) is 0. The van der Waals surface area contributed by atoms with Crippen LogP contribution < -0.4 is 5.32 Å². The summed E-state index contributed by atoms with van der Waals surface area (Å²) in [6, 6.07) is 0. The van der Waals surface area contributed by atoms with Crippen LogP contribution in [0.3, 0.4) is 0 Å². The van der Waals surface area contributed by atoms with Crippen LogP contribution in [-0.4, -0.2) is 28.5 Å². The zero-order valence-electron chi connectivity index (χ0n) is 7.46. The Bertz CT molecular complexity index is 240. The Kier molecular flexibility index (Phi) is 4.93. The van der Waals surface area contributed by atoms with Gasteiger partial charge in [-0.25, -0.2) is 9.97 Å². The van der Waals surface area contributed by atoms with Crippen molar-refractivity contribution in [3.63, 3.8) is 0 Å². The van der Waals surface area contributed by atoms with Crippen molar-refractivity contribution in [3.8, 4) is 0 Å². The maximum absolute atomic E-state index is 5.64. The minimum Gasteiger partial charge on any atom is -0.354 e. The summed E-state index contributed by atoms with van der Waals surface area (Å²) in [5, 5.41) is 3.68. The van der Waals surface area contributed by atoms with E-state index in [2.05, 4.69) is 21.5 Å². The molecule has 1 aromatic rings. The monoisotopic (exact) mass is 217 g/mol. The number of anilines is 1. The van der Waals surface area contributed by atoms with E-state index < -0.39 is 0 Å². The van der Waals surface area contributed by atoms with E-state index in [9.17, 15) is 0 Å². The molecule has 0 atom stereocenters. The Morgan fingerprint density at radius 1 is 1.46 bits per heavy atom. The van der Waals surface area contributed by atoms with Gasteiger partial charge in [0.1, 0.15) is 0 Å². The minimum absolute atomic E-state index is 0.565. The molecule has 1 N–H and O–H groups in total. The lowest BCUT2D eigenvalue weighted by Crippen LogP contribution is -2.05. The van der Waals surface area contributed by atoms with Gasteiger partial charge in [0.15, 0.2) is 0 Å². The standard InChI is InChI=1S/C8H12ClN3S/c1-13-4-2-3-10-8-11-5-7(9)6-12-8/h5-6H,2-4H2,1H3,(H,10,11,12). The Morgan fingerprint density at radius 3 is 2.77 bits per heavy atom. The van der Waals surface area contributed by atoms with E-state index in [1.165, 1.54) is 0 Å². The van der Waals surface area contributed by atoms with Gasteiger partial charge in [0.25, 0.3) is 0 Å². The highest BCUT2D eigenvalue weighted by molar-refractivity contribution is 7.98. The maximum atomic E-state index is 5.64. The molecule has 13 heavy (non-hydrogen) atoms. The van der Waals surface area contributed by atoms with E-state index in [-0.39, 0.29) is 0 Å². The van der Waals surface area contributed by atoms with Crippen LogP contribution in [0.2, 0.25) is 5.02 Å². The maximum Gasteiger partial charge on any atom is 0.222 e. The zero-order valence-corrected chi connectivity index (χ0v) is 9.03. The predicted octanol–water partition coefficient (Wildman–Crippen LogP) is 2.29. The summed E-state index contributed by atoms with van der Waals surface area (Å²) >= 11 is 7.48. The average Bonchev–Trinajstić information content (AvgIpc) is 2.15. The first-order valence-corrected chi connectivity index (χ1v) is 5.80. The molecule has 0 fully saturated rings. The Labute approximate surface area is 87.3 Å². The molecule has 0 saturated heterocycles. The van der Waals surface area contributed by atoms with E-state index in [1.54, 1.807) is 12.4 Å². The van der Waals surface area contributed by atoms with Gasteiger partial charge in [-0.2, -0.15) is 11.8 Å². The molecule has 0 unspecified atom stereocenters. The lowest BCUT2D eigenvalue weighted by Gasteiger charge is -2.02. The zero-order chi connectivity index (χ0) is 9.52. The average molecular weight is 218 g/mol. The van der Waals surface area contributed by atoms with Crippen LogP contribution in [0.25, 0.3) is 0 Å². The van der Waals surface area contributed by atoms with Crippen LogP contribution in [-0.2, 0) is 0 Å². The van der Waals surface area contributed by atoms with Gasteiger partial charge in [0, 0.05) is 6.54 Å². The number of hydrogen-bond donors (Lipinski definition) is 1. The van der Waals surface area contributed by atoms with Gasteiger partial charge >= 0.3 is 0 Å². The van der Waals surface area contributed by atoms with Gasteiger partial charge in [0.2, 0.25) is 5.95 Å². The third kappa shape index (κ3) is 4.33. The molecule has 0 aromatic carbocycles. The quantitative estimate of drug-likeness (QED) is 0.769. The summed E-state index contributed by atoms with van der Waals surface area (Å²) in [5.74, 6) is 1.80. The first-order valence-electron chi connectivity index (χ1n) is 4.03. The SMILES string of the molecule is CSCCCNc1ncc(Cl)cn1. The molecule has 1 aromatic heterocycles. The van der Waals surface area contributed by atoms with Crippen LogP contribution in [0.5, 0.6) is 0 Å². The number of hydrogen-bond acceptors (Lipinski definition) is 4. The molecule has 0 spiro atoms. The Morgan fingerprint density at radius 2 is 2.15 bits per heavy atom. The second-order valence-electron chi connectivity index (χ2n) is 2.50. The van der Waals surface area contributed by atoms with E-state index in [0.717, 1.165) is 18.7 Å². The molecule has 0 aliphatic heterocycles. The smallest absolute Gasteiger partial charge is 0.222 e. The molecule has 72 valence electrons. The number of rotatable bonds is 5. The van der Waals surface area contributed by atoms with Gasteiger partial charge in [-0.1, -0.05) is 11.6 Å². The molecule has 0 radical (unpaired) electrons. The van der Waals surface area contributed by atoms with Crippen LogP contribution in [0.15, 0.2) is 12.4 Å². The van der Waals surface area contributed by atoms with Gasteiger partial charge in [-0.05, 0) is 18.4 Å². The van der Waals surface area contributed by atoms with Gasteiger partial charge in [-0.15, -0.1) is 0 Å². The Hall–Kier alpha value is -0.480. The van der Waals surface area contributed by atoms with Crippen LogP contribution in [0.4, 0.5) is 5.95 Å². The molecular weight excluding hydrogens is 206 g/mol. The molecule has 0 amide bonds. The second-order valence-corrected chi connectivity index (χ2v) is 3.92. The summed E-state index contributed by atoms with van der Waals surface area (Å²) in [5.41, 5.74) is 0. The van der Waals surface area contributed by atoms with Crippen molar-refractivity contribution >= 4 is 29.3 Å². The van der Waals surface area contributed by atoms with Crippen molar-refractivity contribution in [2.24, 2.45) is 0 Å². The topological polar surface area (TPSA) is 37.8 Å². The molecule has 0 aliphatic rings. The normalized spacial score (nSPS) is 10.0. The van der Waals surface area contributed by atoms with Gasteiger partial charge in [-0.3, -0.25) is 0 Å². The molecule has 0 aliphatic carbocycles. The Balaban J connectivity index is 2.25. The fourth-order valence-corrected chi connectivity index (χ4v) is 1.35. The van der Waals surface area contributed by atoms with Crippen LogP contribution in [0, 0.1) is 0 Å². The van der Waals surface area contributed by atoms with Crippen molar-refractivity contribution in [2.45, 2.75) is 6.42 Å². The van der Waals surface area contributed by atoms with Gasteiger partial charge in [0.05, 0.1) is 17.4 Å². The molecule has 3 nitrogen and oxygen atoms in total. The van der Waals surface area contributed by atoms with Gasteiger partial charge < -0.3 is 5.32 Å². The highest BCUT2D eigenvalue weighted by Gasteiger charge is 1.93. The highest BCUT2D eigenvalue weighted by atomic mass is 35.5. The number of thioether (sulfide) groups is 1. The molecule has 1 rings (SSSR count). The third-order valence-corrected chi connectivity index (χ3v) is 2.32. The molecule has 0 saturated carbocycles. The fraction of sp³-hybridized carbons (Fsp3) is 0.500. The summed E-state index contributed by atoms with van der Waals surface area (Å²) in [4.78, 5) is 8.03. The van der Waals surface area contributed by atoms with Crippen molar-refractivity contribution in [1.82, 2.24) is 9.97 Å². The fourth-order valence-electron chi connectivity index (χ4n) is 0.820.